The van der Waals surface area contributed by atoms with E-state index in [1.807, 2.05) is 66.7 Å². The van der Waals surface area contributed by atoms with Crippen molar-refractivity contribution in [1.29, 1.82) is 0 Å². The first-order valence-corrected chi connectivity index (χ1v) is 10.2. The number of carbonyl (C=O) groups excluding carboxylic acids is 1. The topological polar surface area (TPSA) is 75.6 Å². The summed E-state index contributed by atoms with van der Waals surface area (Å²) in [5.41, 5.74) is 2.38. The smallest absolute Gasteiger partial charge is 0.337 e. The molecule has 0 unspecified atom stereocenters. The van der Waals surface area contributed by atoms with E-state index in [-0.39, 0.29) is 11.5 Å². The third kappa shape index (κ3) is 3.98. The van der Waals surface area contributed by atoms with E-state index in [9.17, 15) is 14.7 Å². The van der Waals surface area contributed by atoms with Crippen LogP contribution in [0.25, 0.3) is 0 Å². The maximum absolute atomic E-state index is 12.9. The highest BCUT2D eigenvalue weighted by atomic mass is 127. The monoisotopic (exact) mass is 499 g/mol. The van der Waals surface area contributed by atoms with E-state index in [0.717, 1.165) is 14.7 Å². The molecule has 3 aromatic carbocycles. The van der Waals surface area contributed by atoms with Crippen LogP contribution in [0.1, 0.15) is 33.5 Å². The van der Waals surface area contributed by atoms with Gasteiger partial charge in [0.1, 0.15) is 12.1 Å². The summed E-state index contributed by atoms with van der Waals surface area (Å²) >= 11 is 2.07. The summed E-state index contributed by atoms with van der Waals surface area (Å²) in [6.07, 6.45) is -0.458. The Labute approximate surface area is 181 Å². The van der Waals surface area contributed by atoms with E-state index in [1.54, 1.807) is 12.1 Å². The van der Waals surface area contributed by atoms with Crippen molar-refractivity contribution in [2.24, 2.45) is 0 Å². The predicted molar refractivity (Wildman–Crippen MR) is 118 cm³/mol. The highest BCUT2D eigenvalue weighted by Gasteiger charge is 2.46. The van der Waals surface area contributed by atoms with Crippen LogP contribution in [-0.2, 0) is 9.53 Å². The van der Waals surface area contributed by atoms with Gasteiger partial charge < -0.3 is 15.2 Å². The highest BCUT2D eigenvalue weighted by molar-refractivity contribution is 14.1. The molecule has 0 saturated carbocycles. The van der Waals surface area contributed by atoms with Crippen molar-refractivity contribution < 1.29 is 19.4 Å². The summed E-state index contributed by atoms with van der Waals surface area (Å²) in [7, 11) is 0. The molecule has 0 radical (unpaired) electrons. The van der Waals surface area contributed by atoms with Crippen LogP contribution < -0.4 is 5.32 Å². The molecular formula is C23H18INO4. The lowest BCUT2D eigenvalue weighted by molar-refractivity contribution is -0.142. The maximum Gasteiger partial charge on any atom is 0.337 e. The number of hydrogen-bond acceptors (Lipinski definition) is 4. The molecule has 146 valence electrons. The Morgan fingerprint density at radius 2 is 1.55 bits per heavy atom. The highest BCUT2D eigenvalue weighted by Crippen LogP contribution is 2.43. The van der Waals surface area contributed by atoms with Gasteiger partial charge in [0.05, 0.1) is 11.5 Å². The third-order valence-electron chi connectivity index (χ3n) is 5.02. The van der Waals surface area contributed by atoms with Gasteiger partial charge in [0, 0.05) is 9.26 Å². The summed E-state index contributed by atoms with van der Waals surface area (Å²) in [5.74, 6) is -1.75. The molecule has 6 heteroatoms. The van der Waals surface area contributed by atoms with E-state index in [1.165, 1.54) is 0 Å². The molecule has 1 fully saturated rings. The Balaban J connectivity index is 1.76. The fourth-order valence-corrected chi connectivity index (χ4v) is 4.18. The summed E-state index contributed by atoms with van der Waals surface area (Å²) in [4.78, 5) is 24.6. The molecule has 1 heterocycles. The molecule has 0 aliphatic carbocycles. The van der Waals surface area contributed by atoms with Crippen LogP contribution in [0, 0.1) is 3.57 Å². The number of benzene rings is 3. The Hall–Kier alpha value is -2.87. The number of esters is 1. The number of aromatic carboxylic acids is 1. The quantitative estimate of drug-likeness (QED) is 0.388. The molecule has 2 N–H and O–H groups in total. The minimum atomic E-state index is -1.05. The van der Waals surface area contributed by atoms with Gasteiger partial charge in [0.15, 0.2) is 0 Å². The van der Waals surface area contributed by atoms with Gasteiger partial charge in [0.25, 0.3) is 0 Å². The number of halogens is 1. The molecule has 0 spiro atoms. The van der Waals surface area contributed by atoms with Crippen LogP contribution in [0.4, 0.5) is 5.69 Å². The van der Waals surface area contributed by atoms with Gasteiger partial charge in [-0.3, -0.25) is 0 Å². The predicted octanol–water partition coefficient (Wildman–Crippen LogP) is 4.85. The third-order valence-corrected chi connectivity index (χ3v) is 5.69. The molecular weight excluding hydrogens is 481 g/mol. The lowest BCUT2D eigenvalue weighted by Gasteiger charge is -2.23. The lowest BCUT2D eigenvalue weighted by Crippen LogP contribution is -2.31. The summed E-state index contributed by atoms with van der Waals surface area (Å²) in [6.45, 7) is 0. The van der Waals surface area contributed by atoms with Gasteiger partial charge in [-0.2, -0.15) is 0 Å². The number of nitrogens with one attached hydrogen (secondary N) is 1. The van der Waals surface area contributed by atoms with Crippen molar-refractivity contribution in [2.75, 3.05) is 5.32 Å². The first-order valence-electron chi connectivity index (χ1n) is 9.14. The van der Waals surface area contributed by atoms with Gasteiger partial charge in [-0.1, -0.05) is 60.7 Å². The lowest BCUT2D eigenvalue weighted by atomic mass is 9.85. The van der Waals surface area contributed by atoms with Crippen LogP contribution in [0.15, 0.2) is 78.9 Å². The second kappa shape index (κ2) is 8.24. The van der Waals surface area contributed by atoms with Crippen molar-refractivity contribution in [2.45, 2.75) is 18.1 Å². The average Bonchev–Trinajstić information content (AvgIpc) is 3.06. The van der Waals surface area contributed by atoms with Crippen molar-refractivity contribution >= 4 is 40.2 Å². The number of carboxylic acid groups (broad SMARTS) is 1. The van der Waals surface area contributed by atoms with E-state index >= 15 is 0 Å². The normalized spacial score (nSPS) is 20.9. The largest absolute Gasteiger partial charge is 0.478 e. The van der Waals surface area contributed by atoms with Gasteiger partial charge in [-0.05, 0) is 51.9 Å². The fourth-order valence-electron chi connectivity index (χ4n) is 3.69. The second-order valence-electron chi connectivity index (χ2n) is 6.82. The molecule has 29 heavy (non-hydrogen) atoms. The molecule has 0 amide bonds. The molecule has 5 nitrogen and oxygen atoms in total. The SMILES string of the molecule is O=C(O)c1cc(I)ccc1N[C@@H]1C(=O)O[C@H](c2ccccc2)[C@H]1c1ccccc1. The number of carbonyl (C=O) groups is 2. The molecule has 3 atom stereocenters. The Bertz CT molecular complexity index is 1040. The number of cyclic esters (lactones) is 1. The summed E-state index contributed by atoms with van der Waals surface area (Å²) < 4.78 is 6.58. The molecule has 3 aromatic rings. The Morgan fingerprint density at radius 3 is 2.17 bits per heavy atom. The van der Waals surface area contributed by atoms with Crippen molar-refractivity contribution in [3.8, 4) is 0 Å². The van der Waals surface area contributed by atoms with E-state index in [2.05, 4.69) is 27.9 Å². The number of anilines is 1. The minimum absolute atomic E-state index is 0.125. The van der Waals surface area contributed by atoms with Crippen LogP contribution in [-0.4, -0.2) is 23.1 Å². The van der Waals surface area contributed by atoms with Crippen LogP contribution >= 0.6 is 22.6 Å². The van der Waals surface area contributed by atoms with E-state index in [4.69, 9.17) is 4.74 Å². The first kappa shape index (κ1) is 19.4. The van der Waals surface area contributed by atoms with Gasteiger partial charge in [-0.15, -0.1) is 0 Å². The summed E-state index contributed by atoms with van der Waals surface area (Å²) in [6, 6.07) is 23.7. The zero-order chi connectivity index (χ0) is 20.4. The number of rotatable bonds is 5. The van der Waals surface area contributed by atoms with Crippen LogP contribution in [0.2, 0.25) is 0 Å². The van der Waals surface area contributed by atoms with Crippen LogP contribution in [0.3, 0.4) is 0 Å². The van der Waals surface area contributed by atoms with Crippen LogP contribution in [0.5, 0.6) is 0 Å². The zero-order valence-corrected chi connectivity index (χ0v) is 17.4. The maximum atomic E-state index is 12.9. The fraction of sp³-hybridized carbons (Fsp3) is 0.130. The first-order chi connectivity index (χ1) is 14.0. The van der Waals surface area contributed by atoms with Crippen molar-refractivity contribution in [3.05, 3.63) is 99.1 Å². The number of ether oxygens (including phenoxy) is 1. The standard InChI is InChI=1S/C23H18INO4/c24-16-11-12-18(17(13-16)22(26)27)25-20-19(14-7-3-1-4-8-14)21(29-23(20)28)15-9-5-2-6-10-15/h1-13,19-21,25H,(H,26,27)/t19-,20-,21+/m0/s1. The molecule has 0 aromatic heterocycles. The zero-order valence-electron chi connectivity index (χ0n) is 15.3. The molecule has 4 rings (SSSR count). The summed E-state index contributed by atoms with van der Waals surface area (Å²) in [5, 5.41) is 12.7. The van der Waals surface area contributed by atoms with Gasteiger partial charge in [-0.25, -0.2) is 9.59 Å². The average molecular weight is 499 g/mol. The molecule has 1 aliphatic heterocycles. The Morgan fingerprint density at radius 1 is 0.931 bits per heavy atom. The number of hydrogen-bond donors (Lipinski definition) is 2. The Kier molecular flexibility index (Phi) is 5.53. The number of carboxylic acids is 1. The van der Waals surface area contributed by atoms with Gasteiger partial charge in [0.2, 0.25) is 0 Å². The molecule has 0 bridgehead atoms. The second-order valence-corrected chi connectivity index (χ2v) is 8.07. The molecule has 1 aliphatic rings. The van der Waals surface area contributed by atoms with E-state index < -0.39 is 24.1 Å². The van der Waals surface area contributed by atoms with Crippen molar-refractivity contribution in [1.82, 2.24) is 0 Å². The molecule has 1 saturated heterocycles. The minimum Gasteiger partial charge on any atom is -0.478 e. The van der Waals surface area contributed by atoms with E-state index in [0.29, 0.717) is 5.69 Å². The van der Waals surface area contributed by atoms with Crippen molar-refractivity contribution in [3.63, 3.8) is 0 Å². The van der Waals surface area contributed by atoms with Gasteiger partial charge >= 0.3 is 11.9 Å².